The fourth-order valence-corrected chi connectivity index (χ4v) is 4.04. The van der Waals surface area contributed by atoms with Gasteiger partial charge in [0, 0.05) is 24.4 Å². The zero-order valence-corrected chi connectivity index (χ0v) is 13.6. The summed E-state index contributed by atoms with van der Waals surface area (Å²) >= 11 is 0. The van der Waals surface area contributed by atoms with Gasteiger partial charge in [-0.2, -0.15) is 0 Å². The minimum absolute atomic E-state index is 0.482. The summed E-state index contributed by atoms with van der Waals surface area (Å²) in [6.07, 6.45) is 9.93. The zero-order chi connectivity index (χ0) is 14.6. The lowest BCUT2D eigenvalue weighted by atomic mass is 9.71. The van der Waals surface area contributed by atoms with Crippen molar-refractivity contribution in [2.24, 2.45) is 11.3 Å². The number of likely N-dealkylation sites (N-methyl/N-ethyl adjacent to an activating group) is 1. The van der Waals surface area contributed by atoms with E-state index in [0.29, 0.717) is 11.5 Å². The van der Waals surface area contributed by atoms with Crippen molar-refractivity contribution in [3.63, 3.8) is 0 Å². The lowest BCUT2D eigenvalue weighted by Gasteiger charge is -2.39. The van der Waals surface area contributed by atoms with Gasteiger partial charge in [0.25, 0.3) is 0 Å². The fourth-order valence-electron chi connectivity index (χ4n) is 4.04. The number of rotatable bonds is 6. The molecule has 2 nitrogen and oxygen atoms in total. The molecule has 0 saturated heterocycles. The molecule has 0 spiro atoms. The maximum Gasteiger partial charge on any atom is 0.0419 e. The SMILES string of the molecule is CNC(Cc1ccc(C)cn1)C1(CC(C)C)CCCC1. The van der Waals surface area contributed by atoms with E-state index >= 15 is 0 Å². The van der Waals surface area contributed by atoms with Crippen molar-refractivity contribution in [1.82, 2.24) is 10.3 Å². The topological polar surface area (TPSA) is 24.9 Å². The lowest BCUT2D eigenvalue weighted by Crippen LogP contribution is -2.44. The molecule has 20 heavy (non-hydrogen) atoms. The monoisotopic (exact) mass is 274 g/mol. The van der Waals surface area contributed by atoms with Gasteiger partial charge in [0.15, 0.2) is 0 Å². The Labute approximate surface area is 124 Å². The van der Waals surface area contributed by atoms with Crippen molar-refractivity contribution in [1.29, 1.82) is 0 Å². The molecule has 1 N–H and O–H groups in total. The molecule has 0 radical (unpaired) electrons. The molecular weight excluding hydrogens is 244 g/mol. The highest BCUT2D eigenvalue weighted by atomic mass is 14.9. The molecule has 1 aromatic rings. The van der Waals surface area contributed by atoms with E-state index in [1.165, 1.54) is 43.4 Å². The Morgan fingerprint density at radius 2 is 1.95 bits per heavy atom. The normalized spacial score (nSPS) is 19.4. The van der Waals surface area contributed by atoms with E-state index in [-0.39, 0.29) is 0 Å². The van der Waals surface area contributed by atoms with Gasteiger partial charge < -0.3 is 5.32 Å². The first kappa shape index (κ1) is 15.5. The Kier molecular flexibility index (Phi) is 5.20. The van der Waals surface area contributed by atoms with Crippen molar-refractivity contribution in [3.8, 4) is 0 Å². The molecule has 1 aliphatic rings. The number of hydrogen-bond donors (Lipinski definition) is 1. The van der Waals surface area contributed by atoms with Crippen LogP contribution in [0.25, 0.3) is 0 Å². The van der Waals surface area contributed by atoms with Crippen LogP contribution in [0.1, 0.15) is 57.2 Å². The Hall–Kier alpha value is -0.890. The molecule has 1 aliphatic carbocycles. The summed E-state index contributed by atoms with van der Waals surface area (Å²) in [7, 11) is 2.12. The van der Waals surface area contributed by atoms with Gasteiger partial charge in [-0.15, -0.1) is 0 Å². The van der Waals surface area contributed by atoms with Gasteiger partial charge in [-0.3, -0.25) is 4.98 Å². The zero-order valence-electron chi connectivity index (χ0n) is 13.6. The van der Waals surface area contributed by atoms with Crippen LogP contribution in [0.15, 0.2) is 18.3 Å². The van der Waals surface area contributed by atoms with Crippen molar-refractivity contribution in [3.05, 3.63) is 29.6 Å². The van der Waals surface area contributed by atoms with Gasteiger partial charge in [0.05, 0.1) is 0 Å². The fraction of sp³-hybridized carbons (Fsp3) is 0.722. The van der Waals surface area contributed by atoms with E-state index < -0.39 is 0 Å². The predicted octanol–water partition coefficient (Wildman–Crippen LogP) is 4.13. The molecule has 0 amide bonds. The second kappa shape index (κ2) is 6.71. The Morgan fingerprint density at radius 3 is 2.45 bits per heavy atom. The summed E-state index contributed by atoms with van der Waals surface area (Å²) in [6, 6.07) is 4.93. The van der Waals surface area contributed by atoms with Crippen molar-refractivity contribution in [2.75, 3.05) is 7.05 Å². The first-order valence-electron chi connectivity index (χ1n) is 8.14. The summed E-state index contributed by atoms with van der Waals surface area (Å²) in [5.74, 6) is 0.773. The highest BCUT2D eigenvalue weighted by Crippen LogP contribution is 2.46. The molecule has 1 aromatic heterocycles. The summed E-state index contributed by atoms with van der Waals surface area (Å²) in [5.41, 5.74) is 2.95. The molecule has 2 rings (SSSR count). The summed E-state index contributed by atoms with van der Waals surface area (Å²) in [6.45, 7) is 6.82. The van der Waals surface area contributed by atoms with Crippen LogP contribution < -0.4 is 5.32 Å². The van der Waals surface area contributed by atoms with Crippen molar-refractivity contribution >= 4 is 0 Å². The third kappa shape index (κ3) is 3.60. The van der Waals surface area contributed by atoms with Crippen LogP contribution in [0, 0.1) is 18.3 Å². The second-order valence-electron chi connectivity index (χ2n) is 7.04. The standard InChI is InChI=1S/C18H30N2/c1-14(2)12-18(9-5-6-10-18)17(19-4)11-16-8-7-15(3)13-20-16/h7-8,13-14,17,19H,5-6,9-12H2,1-4H3. The summed E-state index contributed by atoms with van der Waals surface area (Å²) in [4.78, 5) is 4.61. The third-order valence-electron chi connectivity index (χ3n) is 4.89. The Morgan fingerprint density at radius 1 is 1.25 bits per heavy atom. The van der Waals surface area contributed by atoms with Crippen molar-refractivity contribution in [2.45, 2.75) is 65.3 Å². The quantitative estimate of drug-likeness (QED) is 0.844. The molecule has 0 aliphatic heterocycles. The van der Waals surface area contributed by atoms with E-state index in [1.54, 1.807) is 0 Å². The van der Waals surface area contributed by atoms with E-state index in [1.807, 2.05) is 6.20 Å². The smallest absolute Gasteiger partial charge is 0.0419 e. The number of nitrogens with one attached hydrogen (secondary N) is 1. The molecule has 1 heterocycles. The van der Waals surface area contributed by atoms with E-state index in [0.717, 1.165) is 12.3 Å². The molecular formula is C18H30N2. The molecule has 112 valence electrons. The van der Waals surface area contributed by atoms with Gasteiger partial charge >= 0.3 is 0 Å². The molecule has 1 unspecified atom stereocenters. The largest absolute Gasteiger partial charge is 0.316 e. The number of nitrogens with zero attached hydrogens (tertiary/aromatic N) is 1. The molecule has 1 fully saturated rings. The predicted molar refractivity (Wildman–Crippen MR) is 85.9 cm³/mol. The minimum Gasteiger partial charge on any atom is -0.316 e. The first-order chi connectivity index (χ1) is 9.55. The average Bonchev–Trinajstić information content (AvgIpc) is 2.86. The lowest BCUT2D eigenvalue weighted by molar-refractivity contribution is 0.159. The minimum atomic E-state index is 0.482. The molecule has 1 saturated carbocycles. The number of pyridine rings is 1. The summed E-state index contributed by atoms with van der Waals surface area (Å²) < 4.78 is 0. The van der Waals surface area contributed by atoms with E-state index in [2.05, 4.69) is 50.3 Å². The van der Waals surface area contributed by atoms with Crippen molar-refractivity contribution < 1.29 is 0 Å². The number of aromatic nitrogens is 1. The molecule has 1 atom stereocenters. The highest BCUT2D eigenvalue weighted by Gasteiger charge is 2.40. The van der Waals surface area contributed by atoms with Crippen LogP contribution in [0.5, 0.6) is 0 Å². The molecule has 2 heteroatoms. The Balaban J connectivity index is 2.14. The maximum atomic E-state index is 4.61. The van der Waals surface area contributed by atoms with E-state index in [9.17, 15) is 0 Å². The van der Waals surface area contributed by atoms with Gasteiger partial charge in [0.1, 0.15) is 0 Å². The average molecular weight is 274 g/mol. The van der Waals surface area contributed by atoms with Crippen LogP contribution in [-0.2, 0) is 6.42 Å². The van der Waals surface area contributed by atoms with Crippen LogP contribution >= 0.6 is 0 Å². The van der Waals surface area contributed by atoms with Crippen LogP contribution in [0.3, 0.4) is 0 Å². The van der Waals surface area contributed by atoms with Crippen LogP contribution in [0.2, 0.25) is 0 Å². The summed E-state index contributed by atoms with van der Waals surface area (Å²) in [5, 5.41) is 3.61. The van der Waals surface area contributed by atoms with Gasteiger partial charge in [0.2, 0.25) is 0 Å². The van der Waals surface area contributed by atoms with E-state index in [4.69, 9.17) is 0 Å². The highest BCUT2D eigenvalue weighted by molar-refractivity contribution is 5.14. The van der Waals surface area contributed by atoms with Crippen LogP contribution in [0.4, 0.5) is 0 Å². The molecule has 0 bridgehead atoms. The third-order valence-corrected chi connectivity index (χ3v) is 4.89. The van der Waals surface area contributed by atoms with Crippen LogP contribution in [-0.4, -0.2) is 18.1 Å². The maximum absolute atomic E-state index is 4.61. The first-order valence-corrected chi connectivity index (χ1v) is 8.14. The second-order valence-corrected chi connectivity index (χ2v) is 7.04. The van der Waals surface area contributed by atoms with Gasteiger partial charge in [-0.25, -0.2) is 0 Å². The Bertz CT molecular complexity index is 402. The number of aryl methyl sites for hydroxylation is 1. The van der Waals surface area contributed by atoms with Gasteiger partial charge in [-0.05, 0) is 56.2 Å². The molecule has 0 aromatic carbocycles. The van der Waals surface area contributed by atoms with Gasteiger partial charge in [-0.1, -0.05) is 32.8 Å². The number of hydrogen-bond acceptors (Lipinski definition) is 2.